The highest BCUT2D eigenvalue weighted by Gasteiger charge is 2.34. The van der Waals surface area contributed by atoms with Gasteiger partial charge in [-0.1, -0.05) is 52.0 Å². The van der Waals surface area contributed by atoms with E-state index in [1.807, 2.05) is 18.2 Å². The number of benzene rings is 2. The molecule has 2 aromatic rings. The van der Waals surface area contributed by atoms with E-state index in [0.717, 1.165) is 18.6 Å². The predicted octanol–water partition coefficient (Wildman–Crippen LogP) is 6.61. The summed E-state index contributed by atoms with van der Waals surface area (Å²) in [4.78, 5) is 0. The van der Waals surface area contributed by atoms with Gasteiger partial charge in [0.15, 0.2) is 0 Å². The van der Waals surface area contributed by atoms with Crippen LogP contribution < -0.4 is 4.74 Å². The highest BCUT2D eigenvalue weighted by molar-refractivity contribution is 5.37. The first-order valence-corrected chi connectivity index (χ1v) is 9.54. The summed E-state index contributed by atoms with van der Waals surface area (Å²) in [5.74, 6) is 1.25. The molecule has 0 saturated heterocycles. The Morgan fingerprint density at radius 3 is 2.04 bits per heavy atom. The number of aromatic hydroxyl groups is 1. The van der Waals surface area contributed by atoms with Crippen molar-refractivity contribution in [3.05, 3.63) is 59.7 Å². The molecule has 0 radical (unpaired) electrons. The average Bonchev–Trinajstić information content (AvgIpc) is 2.53. The molecule has 0 spiro atoms. The van der Waals surface area contributed by atoms with E-state index in [1.165, 1.54) is 11.1 Å². The Bertz CT molecular complexity index is 740. The first-order chi connectivity index (χ1) is 12.0. The van der Waals surface area contributed by atoms with Gasteiger partial charge in [-0.3, -0.25) is 0 Å². The van der Waals surface area contributed by atoms with Crippen molar-refractivity contribution in [2.75, 3.05) is 0 Å². The van der Waals surface area contributed by atoms with Crippen molar-refractivity contribution < 1.29 is 9.84 Å². The average molecular weight is 355 g/mol. The predicted molar refractivity (Wildman–Crippen MR) is 110 cm³/mol. The van der Waals surface area contributed by atoms with Crippen molar-refractivity contribution in [1.82, 2.24) is 0 Å². The van der Waals surface area contributed by atoms with Crippen LogP contribution in [-0.4, -0.2) is 10.7 Å². The van der Waals surface area contributed by atoms with Crippen LogP contribution in [0.15, 0.2) is 48.5 Å². The Kier molecular flexibility index (Phi) is 5.75. The summed E-state index contributed by atoms with van der Waals surface area (Å²) in [5.41, 5.74) is 2.23. The van der Waals surface area contributed by atoms with Crippen molar-refractivity contribution >= 4 is 0 Å². The summed E-state index contributed by atoms with van der Waals surface area (Å²) in [7, 11) is 0. The highest BCUT2D eigenvalue weighted by Crippen LogP contribution is 2.42. The van der Waals surface area contributed by atoms with Gasteiger partial charge >= 0.3 is 0 Å². The van der Waals surface area contributed by atoms with E-state index in [4.69, 9.17) is 4.74 Å². The van der Waals surface area contributed by atoms with E-state index in [9.17, 15) is 5.11 Å². The second-order valence-corrected chi connectivity index (χ2v) is 9.27. The van der Waals surface area contributed by atoms with Crippen molar-refractivity contribution in [3.63, 3.8) is 0 Å². The fourth-order valence-electron chi connectivity index (χ4n) is 3.72. The maximum Gasteiger partial charge on any atom is 0.120 e. The Labute approximate surface area is 159 Å². The van der Waals surface area contributed by atoms with Gasteiger partial charge in [-0.25, -0.2) is 0 Å². The molecule has 1 atom stereocenters. The highest BCUT2D eigenvalue weighted by atomic mass is 16.5. The Morgan fingerprint density at radius 1 is 0.846 bits per heavy atom. The maximum atomic E-state index is 9.88. The largest absolute Gasteiger partial charge is 0.508 e. The Hall–Kier alpha value is -1.96. The Morgan fingerprint density at radius 2 is 1.46 bits per heavy atom. The fourth-order valence-corrected chi connectivity index (χ4v) is 3.72. The molecule has 0 bridgehead atoms. The minimum Gasteiger partial charge on any atom is -0.508 e. The molecule has 0 saturated carbocycles. The van der Waals surface area contributed by atoms with Crippen LogP contribution in [0.3, 0.4) is 0 Å². The van der Waals surface area contributed by atoms with Gasteiger partial charge in [0, 0.05) is 0 Å². The molecule has 2 heteroatoms. The maximum absolute atomic E-state index is 9.88. The van der Waals surface area contributed by atoms with Gasteiger partial charge in [-0.2, -0.15) is 0 Å². The van der Waals surface area contributed by atoms with Crippen LogP contribution in [0.25, 0.3) is 0 Å². The number of hydrogen-bond donors (Lipinski definition) is 1. The van der Waals surface area contributed by atoms with Gasteiger partial charge in [0.25, 0.3) is 0 Å². The van der Waals surface area contributed by atoms with Gasteiger partial charge in [0.05, 0.1) is 0 Å². The third-order valence-corrected chi connectivity index (χ3v) is 5.20. The summed E-state index contributed by atoms with van der Waals surface area (Å²) < 4.78 is 6.08. The zero-order valence-electron chi connectivity index (χ0n) is 17.4. The lowest BCUT2D eigenvalue weighted by Crippen LogP contribution is -2.32. The SMILES string of the molecule is CCC(C)(CC(C)(C)c1cccc(O)c1)c1cccc(OC(C)(C)C)c1. The molecular formula is C24H34O2. The number of ether oxygens (including phenoxy) is 1. The minimum absolute atomic E-state index is 0.0201. The summed E-state index contributed by atoms with van der Waals surface area (Å²) >= 11 is 0. The molecule has 0 heterocycles. The van der Waals surface area contributed by atoms with Crippen LogP contribution in [0.5, 0.6) is 11.5 Å². The van der Waals surface area contributed by atoms with Gasteiger partial charge in [0.1, 0.15) is 17.1 Å². The van der Waals surface area contributed by atoms with E-state index in [0.29, 0.717) is 5.75 Å². The summed E-state index contributed by atoms with van der Waals surface area (Å²) in [6.07, 6.45) is 2.02. The molecule has 2 rings (SSSR count). The van der Waals surface area contributed by atoms with Crippen LogP contribution in [0, 0.1) is 0 Å². The first kappa shape index (κ1) is 20.4. The molecule has 1 unspecified atom stereocenters. The second kappa shape index (κ2) is 7.34. The van der Waals surface area contributed by atoms with E-state index < -0.39 is 0 Å². The zero-order chi connectivity index (χ0) is 19.6. The quantitative estimate of drug-likeness (QED) is 0.633. The molecule has 142 valence electrons. The molecular weight excluding hydrogens is 320 g/mol. The van der Waals surface area contributed by atoms with Gasteiger partial charge in [-0.15, -0.1) is 0 Å². The molecule has 0 aliphatic rings. The van der Waals surface area contributed by atoms with E-state index in [2.05, 4.69) is 72.7 Å². The summed E-state index contributed by atoms with van der Waals surface area (Å²) in [5, 5.41) is 9.88. The molecule has 0 amide bonds. The fraction of sp³-hybridized carbons (Fsp3) is 0.500. The van der Waals surface area contributed by atoms with Crippen molar-refractivity contribution in [2.45, 2.75) is 77.7 Å². The lowest BCUT2D eigenvalue weighted by molar-refractivity contribution is 0.130. The Balaban J connectivity index is 2.34. The van der Waals surface area contributed by atoms with E-state index >= 15 is 0 Å². The minimum atomic E-state index is -0.206. The third kappa shape index (κ3) is 5.03. The van der Waals surface area contributed by atoms with Crippen LogP contribution >= 0.6 is 0 Å². The van der Waals surface area contributed by atoms with Crippen LogP contribution in [-0.2, 0) is 10.8 Å². The smallest absolute Gasteiger partial charge is 0.120 e. The lowest BCUT2D eigenvalue weighted by Gasteiger charge is -2.38. The molecule has 2 nitrogen and oxygen atoms in total. The van der Waals surface area contributed by atoms with E-state index in [-0.39, 0.29) is 16.4 Å². The third-order valence-electron chi connectivity index (χ3n) is 5.20. The van der Waals surface area contributed by atoms with Crippen molar-refractivity contribution in [3.8, 4) is 11.5 Å². The van der Waals surface area contributed by atoms with E-state index in [1.54, 1.807) is 6.07 Å². The molecule has 0 aromatic heterocycles. The normalized spacial score (nSPS) is 14.7. The topological polar surface area (TPSA) is 29.5 Å². The molecule has 2 aromatic carbocycles. The van der Waals surface area contributed by atoms with Gasteiger partial charge in [0.2, 0.25) is 0 Å². The number of hydrogen-bond acceptors (Lipinski definition) is 2. The second-order valence-electron chi connectivity index (χ2n) is 9.27. The molecule has 0 fully saturated rings. The summed E-state index contributed by atoms with van der Waals surface area (Å²) in [6, 6.07) is 16.2. The summed E-state index contributed by atoms with van der Waals surface area (Å²) in [6.45, 7) is 15.3. The molecule has 0 aliphatic carbocycles. The standard InChI is InChI=1S/C24H34O2/c1-8-24(7,17-23(5,6)18-11-9-13-20(25)15-18)19-12-10-14-21(16-19)26-22(2,3)4/h9-16,25H,8,17H2,1-7H3. The van der Waals surface area contributed by atoms with Crippen molar-refractivity contribution in [1.29, 1.82) is 0 Å². The van der Waals surface area contributed by atoms with Crippen molar-refractivity contribution in [2.24, 2.45) is 0 Å². The number of phenols is 1. The number of rotatable bonds is 6. The molecule has 26 heavy (non-hydrogen) atoms. The molecule has 0 aliphatic heterocycles. The van der Waals surface area contributed by atoms with Gasteiger partial charge < -0.3 is 9.84 Å². The molecule has 1 N–H and O–H groups in total. The first-order valence-electron chi connectivity index (χ1n) is 9.54. The lowest BCUT2D eigenvalue weighted by atomic mass is 9.66. The zero-order valence-corrected chi connectivity index (χ0v) is 17.4. The van der Waals surface area contributed by atoms with Crippen LogP contribution in [0.2, 0.25) is 0 Å². The van der Waals surface area contributed by atoms with Gasteiger partial charge in [-0.05, 0) is 79.8 Å². The monoisotopic (exact) mass is 354 g/mol. The number of phenolic OH excluding ortho intramolecular Hbond substituents is 1. The van der Waals surface area contributed by atoms with Crippen LogP contribution in [0.4, 0.5) is 0 Å². The van der Waals surface area contributed by atoms with Crippen LogP contribution in [0.1, 0.15) is 72.4 Å².